The van der Waals surface area contributed by atoms with Crippen LogP contribution in [0.2, 0.25) is 0 Å². The highest BCUT2D eigenvalue weighted by Gasteiger charge is 2.47. The number of aromatic amines is 1. The number of hydrogen-bond acceptors (Lipinski definition) is 9. The van der Waals surface area contributed by atoms with E-state index in [1.807, 2.05) is 16.8 Å². The van der Waals surface area contributed by atoms with Crippen LogP contribution < -0.4 is 10.9 Å². The summed E-state index contributed by atoms with van der Waals surface area (Å²) in [5, 5.41) is 40.2. The number of aliphatic hydroxyl groups excluding tert-OH is 1. The van der Waals surface area contributed by atoms with Crippen LogP contribution in [-0.2, 0) is 15.1 Å². The van der Waals surface area contributed by atoms with E-state index >= 15 is 0 Å². The summed E-state index contributed by atoms with van der Waals surface area (Å²) in [4.78, 5) is 30.1. The third-order valence-electron chi connectivity index (χ3n) is 10.6. The van der Waals surface area contributed by atoms with Gasteiger partial charge in [0.1, 0.15) is 5.75 Å². The molecule has 9 nitrogen and oxygen atoms in total. The Morgan fingerprint density at radius 3 is 2.44 bits per heavy atom. The van der Waals surface area contributed by atoms with E-state index in [0.29, 0.717) is 41.1 Å². The number of aromatic nitrogens is 1. The molecule has 0 radical (unpaired) electrons. The lowest BCUT2D eigenvalue weighted by Crippen LogP contribution is -2.45. The number of phenols is 1. The predicted molar refractivity (Wildman–Crippen MR) is 191 cm³/mol. The van der Waals surface area contributed by atoms with E-state index < -0.39 is 17.7 Å². The number of unbranched alkanes of at least 4 members (excludes halogenated alkanes) is 6. The van der Waals surface area contributed by atoms with Crippen LogP contribution in [0.4, 0.5) is 0 Å². The maximum atomic E-state index is 13.3. The smallest absolute Gasteiger partial charge is 0.343 e. The molecule has 0 spiro atoms. The highest BCUT2D eigenvalue weighted by atomic mass is 32.1. The summed E-state index contributed by atoms with van der Waals surface area (Å²) in [7, 11) is 0. The van der Waals surface area contributed by atoms with Crippen LogP contribution >= 0.6 is 11.3 Å². The van der Waals surface area contributed by atoms with Crippen molar-refractivity contribution in [2.24, 2.45) is 11.8 Å². The number of pyridine rings is 1. The molecule has 2 fully saturated rings. The number of carbonyl (C=O) groups excluding carboxylic acids is 1. The summed E-state index contributed by atoms with van der Waals surface area (Å²) < 4.78 is 5.84. The van der Waals surface area contributed by atoms with E-state index in [1.54, 1.807) is 12.1 Å². The van der Waals surface area contributed by atoms with Gasteiger partial charge in [-0.05, 0) is 105 Å². The molecule has 3 aromatic rings. The average molecular weight is 682 g/mol. The molecular weight excluding hydrogens is 627 g/mol. The highest BCUT2D eigenvalue weighted by Crippen LogP contribution is 2.41. The first-order valence-corrected chi connectivity index (χ1v) is 19.2. The van der Waals surface area contributed by atoms with Crippen molar-refractivity contribution in [3.63, 3.8) is 0 Å². The minimum Gasteiger partial charge on any atom is -0.506 e. The number of esters is 1. The molecule has 2 aromatic heterocycles. The predicted octanol–water partition coefficient (Wildman–Crippen LogP) is 6.37. The summed E-state index contributed by atoms with van der Waals surface area (Å²) in [5.41, 5.74) is -0.0615. The number of thiophene rings is 1. The minimum absolute atomic E-state index is 0.00168. The SMILES string of the molecule is O=C(OCC1CCN(CCCCCCCCCNC[C@H](O)c2ccc(O)c3[nH]c(=O)ccc23)CC1)C(O)(c1ccsc1)C1CCCCC1. The van der Waals surface area contributed by atoms with Crippen molar-refractivity contribution >= 4 is 28.2 Å². The molecule has 10 heteroatoms. The van der Waals surface area contributed by atoms with Gasteiger partial charge in [0.2, 0.25) is 5.56 Å². The van der Waals surface area contributed by atoms with Crippen molar-refractivity contribution in [3.05, 3.63) is 62.6 Å². The molecule has 0 amide bonds. The normalized spacial score (nSPS) is 18.5. The number of likely N-dealkylation sites (tertiary alicyclic amines) is 1. The van der Waals surface area contributed by atoms with Gasteiger partial charge in [0.25, 0.3) is 0 Å². The number of nitrogens with one attached hydrogen (secondary N) is 2. The minimum atomic E-state index is -1.52. The van der Waals surface area contributed by atoms with Gasteiger partial charge in [0, 0.05) is 29.5 Å². The van der Waals surface area contributed by atoms with Crippen LogP contribution in [0.3, 0.4) is 0 Å². The third kappa shape index (κ3) is 9.69. The van der Waals surface area contributed by atoms with Gasteiger partial charge in [0.05, 0.1) is 18.2 Å². The lowest BCUT2D eigenvalue weighted by atomic mass is 9.74. The van der Waals surface area contributed by atoms with Gasteiger partial charge in [-0.15, -0.1) is 0 Å². The standard InChI is InChI=1S/C38H55N3O6S/c42-33-15-13-31(32-14-16-35(44)40-36(32)33)34(43)25-39-20-9-4-2-1-3-5-10-21-41-22-17-28(18-23-41)26-47-37(45)38(46,30-19-24-48-27-30)29-11-7-6-8-12-29/h13-16,19,24,27-29,34,39,42-43,46H,1-12,17-18,20-23,25-26H2,(H,40,44)/t34-,38?/m0/s1. The number of piperidine rings is 1. The van der Waals surface area contributed by atoms with Gasteiger partial charge in [-0.25, -0.2) is 4.79 Å². The number of benzene rings is 1. The zero-order chi connectivity index (χ0) is 33.8. The Bertz CT molecular complexity index is 1460. The first-order chi connectivity index (χ1) is 23.4. The molecule has 1 aliphatic heterocycles. The van der Waals surface area contributed by atoms with Gasteiger partial charge < -0.3 is 35.3 Å². The molecule has 5 N–H and O–H groups in total. The fraction of sp³-hybridized carbons (Fsp3) is 0.632. The van der Waals surface area contributed by atoms with Crippen molar-refractivity contribution in [1.82, 2.24) is 15.2 Å². The van der Waals surface area contributed by atoms with Crippen LogP contribution in [0.15, 0.2) is 45.9 Å². The summed E-state index contributed by atoms with van der Waals surface area (Å²) in [6.07, 6.45) is 14.8. The topological polar surface area (TPSA) is 135 Å². The largest absolute Gasteiger partial charge is 0.506 e. The van der Waals surface area contributed by atoms with E-state index in [2.05, 4.69) is 15.2 Å². The monoisotopic (exact) mass is 681 g/mol. The van der Waals surface area contributed by atoms with Gasteiger partial charge in [-0.3, -0.25) is 4.79 Å². The highest BCUT2D eigenvalue weighted by molar-refractivity contribution is 7.08. The number of carbonyl (C=O) groups is 1. The second-order valence-corrected chi connectivity index (χ2v) is 14.8. The lowest BCUT2D eigenvalue weighted by molar-refractivity contribution is -0.177. The molecule has 1 saturated heterocycles. The van der Waals surface area contributed by atoms with E-state index in [-0.39, 0.29) is 17.2 Å². The molecule has 48 heavy (non-hydrogen) atoms. The van der Waals surface area contributed by atoms with Crippen LogP contribution in [-0.4, -0.2) is 70.5 Å². The zero-order valence-electron chi connectivity index (χ0n) is 28.3. The maximum Gasteiger partial charge on any atom is 0.343 e. The Morgan fingerprint density at radius 1 is 0.979 bits per heavy atom. The molecule has 264 valence electrons. The van der Waals surface area contributed by atoms with Gasteiger partial charge in [0.15, 0.2) is 5.60 Å². The molecule has 0 bridgehead atoms. The summed E-state index contributed by atoms with van der Waals surface area (Å²) in [5.74, 6) is -0.155. The Morgan fingerprint density at radius 2 is 1.71 bits per heavy atom. The average Bonchev–Trinajstić information content (AvgIpc) is 3.66. The first-order valence-electron chi connectivity index (χ1n) is 18.2. The molecule has 5 rings (SSSR count). The van der Waals surface area contributed by atoms with Gasteiger partial charge in [-0.2, -0.15) is 11.3 Å². The number of aromatic hydroxyl groups is 1. The second kappa shape index (κ2) is 18.3. The zero-order valence-corrected chi connectivity index (χ0v) is 29.2. The molecule has 2 aliphatic rings. The number of nitrogens with zero attached hydrogens (tertiary/aromatic N) is 1. The summed E-state index contributed by atoms with van der Waals surface area (Å²) in [6.45, 7) is 4.88. The molecule has 1 aromatic carbocycles. The van der Waals surface area contributed by atoms with Crippen molar-refractivity contribution in [2.75, 3.05) is 39.3 Å². The Balaban J connectivity index is 0.879. The summed E-state index contributed by atoms with van der Waals surface area (Å²) >= 11 is 1.52. The number of H-pyrrole nitrogens is 1. The second-order valence-electron chi connectivity index (χ2n) is 14.0. The van der Waals surface area contributed by atoms with Gasteiger partial charge in [-0.1, -0.05) is 57.4 Å². The first kappa shape index (κ1) is 36.5. The van der Waals surface area contributed by atoms with Crippen molar-refractivity contribution in [2.45, 2.75) is 102 Å². The molecule has 1 aliphatic carbocycles. The van der Waals surface area contributed by atoms with E-state index in [1.165, 1.54) is 62.0 Å². The van der Waals surface area contributed by atoms with E-state index in [4.69, 9.17) is 4.74 Å². The maximum absolute atomic E-state index is 13.3. The molecule has 1 unspecified atom stereocenters. The number of phenolic OH excluding ortho intramolecular Hbond substituents is 1. The molecule has 1 saturated carbocycles. The molecular formula is C38H55N3O6S. The molecule has 3 heterocycles. The number of fused-ring (bicyclic) bond motifs is 1. The van der Waals surface area contributed by atoms with E-state index in [0.717, 1.165) is 77.5 Å². The quantitative estimate of drug-likeness (QED) is 0.0772. The Hall–Kier alpha value is -2.76. The van der Waals surface area contributed by atoms with Crippen molar-refractivity contribution in [1.29, 1.82) is 0 Å². The van der Waals surface area contributed by atoms with Crippen LogP contribution in [0, 0.1) is 11.8 Å². The number of hydrogen-bond donors (Lipinski definition) is 5. The van der Waals surface area contributed by atoms with Crippen LogP contribution in [0.1, 0.15) is 107 Å². The Labute approximate surface area is 288 Å². The summed E-state index contributed by atoms with van der Waals surface area (Å²) in [6, 6.07) is 8.14. The number of ether oxygens (including phenoxy) is 1. The van der Waals surface area contributed by atoms with Crippen LogP contribution in [0.5, 0.6) is 5.75 Å². The number of rotatable bonds is 18. The molecule has 2 atom stereocenters. The Kier molecular flexibility index (Phi) is 13.9. The van der Waals surface area contributed by atoms with Crippen LogP contribution in [0.25, 0.3) is 10.9 Å². The lowest BCUT2D eigenvalue weighted by Gasteiger charge is -2.37. The fourth-order valence-electron chi connectivity index (χ4n) is 7.57. The number of aliphatic hydroxyl groups is 2. The van der Waals surface area contributed by atoms with Gasteiger partial charge >= 0.3 is 5.97 Å². The fourth-order valence-corrected chi connectivity index (χ4v) is 8.28. The van der Waals surface area contributed by atoms with E-state index in [9.17, 15) is 24.9 Å². The van der Waals surface area contributed by atoms with Crippen molar-refractivity contribution < 1.29 is 24.9 Å². The third-order valence-corrected chi connectivity index (χ3v) is 11.2. The van der Waals surface area contributed by atoms with Crippen molar-refractivity contribution in [3.8, 4) is 5.75 Å².